The quantitative estimate of drug-likeness (QED) is 0.262. The van der Waals surface area contributed by atoms with Gasteiger partial charge in [-0.05, 0) is 91.1 Å². The van der Waals surface area contributed by atoms with Crippen LogP contribution in [0.2, 0.25) is 0 Å². The Hall–Kier alpha value is -2.53. The molecular weight excluding hydrogens is 442 g/mol. The molecule has 2 N–H and O–H groups in total. The summed E-state index contributed by atoms with van der Waals surface area (Å²) in [6.45, 7) is 1.94. The molecule has 2 heterocycles. The van der Waals surface area contributed by atoms with Crippen molar-refractivity contribution < 1.29 is 15.0 Å². The maximum Gasteiger partial charge on any atom is 0.222 e. The number of unbranched alkanes of at least 4 members (excludes halogenated alkanes) is 7. The van der Waals surface area contributed by atoms with Gasteiger partial charge in [-0.1, -0.05) is 38.5 Å². The molecule has 0 unspecified atom stereocenters. The Morgan fingerprint density at radius 3 is 2.12 bits per heavy atom. The van der Waals surface area contributed by atoms with Crippen LogP contribution in [0.25, 0.3) is 20.5 Å². The van der Waals surface area contributed by atoms with Crippen LogP contribution in [0.5, 0.6) is 11.5 Å². The van der Waals surface area contributed by atoms with E-state index in [9.17, 15) is 15.0 Å². The number of fused-ring (bicyclic) bond motifs is 1. The number of phenols is 2. The van der Waals surface area contributed by atoms with Gasteiger partial charge in [0.05, 0.1) is 0 Å². The van der Waals surface area contributed by atoms with Crippen molar-refractivity contribution in [3.05, 3.63) is 48.0 Å². The highest BCUT2D eigenvalue weighted by Gasteiger charge is 2.17. The number of thiophene rings is 1. The number of nitrogens with zero attached hydrogens (tertiary/aromatic N) is 1. The molecule has 3 aromatic rings. The van der Waals surface area contributed by atoms with Gasteiger partial charge in [-0.15, -0.1) is 11.3 Å². The van der Waals surface area contributed by atoms with Crippen molar-refractivity contribution in [1.82, 2.24) is 4.90 Å². The van der Waals surface area contributed by atoms with Gasteiger partial charge in [-0.2, -0.15) is 0 Å². The van der Waals surface area contributed by atoms with Crippen molar-refractivity contribution in [3.8, 4) is 21.9 Å². The number of amides is 1. The first-order valence-corrected chi connectivity index (χ1v) is 13.7. The second-order valence-electron chi connectivity index (χ2n) is 9.55. The fourth-order valence-electron chi connectivity index (χ4n) is 5.00. The number of aromatic hydroxyl groups is 2. The van der Waals surface area contributed by atoms with Crippen LogP contribution in [-0.4, -0.2) is 34.1 Å². The summed E-state index contributed by atoms with van der Waals surface area (Å²) in [5.74, 6) is 0.945. The summed E-state index contributed by atoms with van der Waals surface area (Å²) in [6.07, 6.45) is 13.7. The standard InChI is InChI=1S/C29H37NO3S/c31-23-15-13-22(14-16-23)29-26(25-18-17-24(32)21-27(25)34-29)11-7-5-3-1-2-4-6-8-12-28(33)30-19-9-10-20-30/h13-18,21,31-32H,1-12,19-20H2. The lowest BCUT2D eigenvalue weighted by Gasteiger charge is -2.14. The number of hydrogen-bond acceptors (Lipinski definition) is 4. The minimum Gasteiger partial charge on any atom is -0.508 e. The third-order valence-electron chi connectivity index (χ3n) is 6.93. The highest BCUT2D eigenvalue weighted by Crippen LogP contribution is 2.41. The number of aryl methyl sites for hydroxylation is 1. The highest BCUT2D eigenvalue weighted by molar-refractivity contribution is 7.22. The van der Waals surface area contributed by atoms with Crippen molar-refractivity contribution >= 4 is 27.3 Å². The predicted octanol–water partition coefficient (Wildman–Crippen LogP) is 7.66. The molecule has 5 heteroatoms. The maximum atomic E-state index is 12.1. The molecule has 182 valence electrons. The molecule has 4 nitrogen and oxygen atoms in total. The topological polar surface area (TPSA) is 60.8 Å². The SMILES string of the molecule is O=C(CCCCCCCCCCc1c(-c2ccc(O)cc2)sc2cc(O)ccc12)N1CCCC1. The van der Waals surface area contributed by atoms with Crippen LogP contribution >= 0.6 is 11.3 Å². The summed E-state index contributed by atoms with van der Waals surface area (Å²) >= 11 is 1.72. The minimum atomic E-state index is 0.280. The first-order valence-electron chi connectivity index (χ1n) is 12.9. The average Bonchev–Trinajstić information content (AvgIpc) is 3.49. The van der Waals surface area contributed by atoms with Gasteiger partial charge in [-0.3, -0.25) is 4.79 Å². The Morgan fingerprint density at radius 1 is 0.794 bits per heavy atom. The van der Waals surface area contributed by atoms with Crippen molar-refractivity contribution in [1.29, 1.82) is 0 Å². The number of phenolic OH excluding ortho intramolecular Hbond substituents is 2. The third kappa shape index (κ3) is 6.53. The van der Waals surface area contributed by atoms with Crippen LogP contribution < -0.4 is 0 Å². The van der Waals surface area contributed by atoms with E-state index in [-0.39, 0.29) is 5.75 Å². The summed E-state index contributed by atoms with van der Waals surface area (Å²) in [6, 6.07) is 13.1. The number of rotatable bonds is 12. The molecule has 1 aliphatic rings. The molecule has 4 rings (SSSR count). The van der Waals surface area contributed by atoms with Gasteiger partial charge >= 0.3 is 0 Å². The molecule has 34 heavy (non-hydrogen) atoms. The molecule has 0 radical (unpaired) electrons. The lowest BCUT2D eigenvalue weighted by molar-refractivity contribution is -0.130. The Balaban J connectivity index is 1.19. The van der Waals surface area contributed by atoms with Crippen LogP contribution in [0.3, 0.4) is 0 Å². The summed E-state index contributed by atoms with van der Waals surface area (Å²) in [4.78, 5) is 15.4. The van der Waals surface area contributed by atoms with Gasteiger partial charge in [0.25, 0.3) is 0 Å². The zero-order chi connectivity index (χ0) is 23.8. The number of benzene rings is 2. The molecular formula is C29H37NO3S. The Bertz CT molecular complexity index is 1070. The normalized spacial score (nSPS) is 13.7. The van der Waals surface area contributed by atoms with E-state index >= 15 is 0 Å². The van der Waals surface area contributed by atoms with E-state index in [4.69, 9.17) is 0 Å². The lowest BCUT2D eigenvalue weighted by atomic mass is 9.99. The molecule has 2 aromatic carbocycles. The predicted molar refractivity (Wildman–Crippen MR) is 142 cm³/mol. The van der Waals surface area contributed by atoms with Gasteiger partial charge in [0.15, 0.2) is 0 Å². The smallest absolute Gasteiger partial charge is 0.222 e. The molecule has 1 aromatic heterocycles. The van der Waals surface area contributed by atoms with E-state index in [1.54, 1.807) is 29.5 Å². The molecule has 1 aliphatic heterocycles. The fraction of sp³-hybridized carbons (Fsp3) is 0.483. The van der Waals surface area contributed by atoms with Crippen molar-refractivity contribution in [2.75, 3.05) is 13.1 Å². The largest absolute Gasteiger partial charge is 0.508 e. The van der Waals surface area contributed by atoms with Gasteiger partial charge in [-0.25, -0.2) is 0 Å². The minimum absolute atomic E-state index is 0.280. The lowest BCUT2D eigenvalue weighted by Crippen LogP contribution is -2.27. The molecule has 0 bridgehead atoms. The van der Waals surface area contributed by atoms with Crippen molar-refractivity contribution in [3.63, 3.8) is 0 Å². The fourth-order valence-corrected chi connectivity index (χ4v) is 6.29. The number of hydrogen-bond donors (Lipinski definition) is 2. The average molecular weight is 480 g/mol. The monoisotopic (exact) mass is 479 g/mol. The zero-order valence-corrected chi connectivity index (χ0v) is 20.9. The van der Waals surface area contributed by atoms with E-state index in [0.717, 1.165) is 49.0 Å². The van der Waals surface area contributed by atoms with Crippen LogP contribution in [0.4, 0.5) is 0 Å². The first kappa shape index (κ1) is 24.6. The summed E-state index contributed by atoms with van der Waals surface area (Å²) < 4.78 is 1.11. The Kier molecular flexibility index (Phi) is 8.86. The summed E-state index contributed by atoms with van der Waals surface area (Å²) in [7, 11) is 0. The number of carbonyl (C=O) groups excluding carboxylic acids is 1. The molecule has 1 amide bonds. The molecule has 0 aliphatic carbocycles. The third-order valence-corrected chi connectivity index (χ3v) is 8.18. The second kappa shape index (κ2) is 12.3. The van der Waals surface area contributed by atoms with Gasteiger partial charge in [0, 0.05) is 29.1 Å². The number of carbonyl (C=O) groups is 1. The molecule has 0 atom stereocenters. The van der Waals surface area contributed by atoms with E-state index in [1.165, 1.54) is 67.2 Å². The van der Waals surface area contributed by atoms with Crippen LogP contribution in [-0.2, 0) is 11.2 Å². The molecule has 0 saturated carbocycles. The van der Waals surface area contributed by atoms with E-state index < -0.39 is 0 Å². The van der Waals surface area contributed by atoms with E-state index in [0.29, 0.717) is 11.7 Å². The first-order chi connectivity index (χ1) is 16.6. The Labute approximate surface area is 207 Å². The van der Waals surface area contributed by atoms with Crippen LogP contribution in [0.1, 0.15) is 76.2 Å². The highest BCUT2D eigenvalue weighted by atomic mass is 32.1. The van der Waals surface area contributed by atoms with Gasteiger partial charge < -0.3 is 15.1 Å². The summed E-state index contributed by atoms with van der Waals surface area (Å²) in [5, 5.41) is 20.8. The zero-order valence-electron chi connectivity index (χ0n) is 20.1. The molecule has 1 fully saturated rings. The summed E-state index contributed by atoms with van der Waals surface area (Å²) in [5.41, 5.74) is 2.48. The van der Waals surface area contributed by atoms with Crippen LogP contribution in [0.15, 0.2) is 42.5 Å². The number of likely N-dealkylation sites (tertiary alicyclic amines) is 1. The Morgan fingerprint density at radius 2 is 1.41 bits per heavy atom. The van der Waals surface area contributed by atoms with E-state index in [1.807, 2.05) is 29.2 Å². The maximum absolute atomic E-state index is 12.1. The van der Waals surface area contributed by atoms with Crippen molar-refractivity contribution in [2.45, 2.75) is 77.0 Å². The molecule has 1 saturated heterocycles. The van der Waals surface area contributed by atoms with Gasteiger partial charge in [0.1, 0.15) is 11.5 Å². The van der Waals surface area contributed by atoms with Gasteiger partial charge in [0.2, 0.25) is 5.91 Å². The second-order valence-corrected chi connectivity index (χ2v) is 10.6. The molecule has 0 spiro atoms. The van der Waals surface area contributed by atoms with Crippen molar-refractivity contribution in [2.24, 2.45) is 0 Å². The van der Waals surface area contributed by atoms with Crippen LogP contribution in [0, 0.1) is 0 Å². The van der Waals surface area contributed by atoms with E-state index in [2.05, 4.69) is 0 Å².